The van der Waals surface area contributed by atoms with E-state index in [2.05, 4.69) is 24.8 Å². The van der Waals surface area contributed by atoms with Gasteiger partial charge in [-0.3, -0.25) is 9.59 Å². The molecule has 0 fully saturated rings. The number of aryl methyl sites for hydroxylation is 1. The van der Waals surface area contributed by atoms with E-state index in [4.69, 9.17) is 0 Å². The number of fused-ring (bicyclic) bond motifs is 1. The van der Waals surface area contributed by atoms with Crippen molar-refractivity contribution in [1.29, 1.82) is 0 Å². The van der Waals surface area contributed by atoms with Crippen LogP contribution in [0.25, 0.3) is 5.57 Å². The average Bonchev–Trinajstić information content (AvgIpc) is 3.15. The number of imide groups is 1. The summed E-state index contributed by atoms with van der Waals surface area (Å²) in [6.07, 6.45) is 1.90. The number of para-hydroxylation sites is 1. The van der Waals surface area contributed by atoms with Gasteiger partial charge in [0, 0.05) is 31.0 Å². The molecule has 5 nitrogen and oxygen atoms in total. The van der Waals surface area contributed by atoms with Gasteiger partial charge in [0.2, 0.25) is 0 Å². The first-order chi connectivity index (χ1) is 16.6. The summed E-state index contributed by atoms with van der Waals surface area (Å²) in [5.41, 5.74) is 5.59. The SMILES string of the molecule is CCN(CC)c1ccc(N2C(=O)C(c3ccccc3)=C(N3CCCc4ccccc43)C2=O)cc1. The van der Waals surface area contributed by atoms with Crippen molar-refractivity contribution < 1.29 is 9.59 Å². The zero-order valence-corrected chi connectivity index (χ0v) is 19.7. The average molecular weight is 452 g/mol. The summed E-state index contributed by atoms with van der Waals surface area (Å²) in [5, 5.41) is 0. The highest BCUT2D eigenvalue weighted by atomic mass is 16.2. The molecular formula is C29H29N3O2. The largest absolute Gasteiger partial charge is 0.372 e. The van der Waals surface area contributed by atoms with E-state index in [0.717, 1.165) is 42.9 Å². The first-order valence-electron chi connectivity index (χ1n) is 12.0. The number of anilines is 3. The van der Waals surface area contributed by atoms with Crippen LogP contribution in [-0.4, -0.2) is 31.4 Å². The summed E-state index contributed by atoms with van der Waals surface area (Å²) in [6, 6.07) is 25.4. The third-order valence-electron chi connectivity index (χ3n) is 6.74. The van der Waals surface area contributed by atoms with Gasteiger partial charge >= 0.3 is 0 Å². The van der Waals surface area contributed by atoms with Crippen LogP contribution in [0.4, 0.5) is 17.1 Å². The molecule has 0 bridgehead atoms. The molecule has 5 rings (SSSR count). The van der Waals surface area contributed by atoms with Gasteiger partial charge in [0.05, 0.1) is 11.3 Å². The molecule has 3 aromatic carbocycles. The van der Waals surface area contributed by atoms with Crippen molar-refractivity contribution in [3.8, 4) is 0 Å². The number of carbonyl (C=O) groups excluding carboxylic acids is 2. The highest BCUT2D eigenvalue weighted by molar-refractivity contribution is 6.46. The van der Waals surface area contributed by atoms with Crippen molar-refractivity contribution in [3.05, 3.63) is 95.7 Å². The van der Waals surface area contributed by atoms with Crippen LogP contribution in [0.3, 0.4) is 0 Å². The van der Waals surface area contributed by atoms with Crippen LogP contribution < -0.4 is 14.7 Å². The predicted molar refractivity (Wildman–Crippen MR) is 138 cm³/mol. The molecule has 0 saturated heterocycles. The summed E-state index contributed by atoms with van der Waals surface area (Å²) in [4.78, 5) is 33.4. The number of nitrogens with zero attached hydrogens (tertiary/aromatic N) is 3. The van der Waals surface area contributed by atoms with Crippen molar-refractivity contribution in [1.82, 2.24) is 0 Å². The van der Waals surface area contributed by atoms with Crippen LogP contribution in [0, 0.1) is 0 Å². The molecule has 0 unspecified atom stereocenters. The molecule has 0 atom stereocenters. The van der Waals surface area contributed by atoms with Crippen LogP contribution >= 0.6 is 0 Å². The Labute approximate surface area is 200 Å². The number of carbonyl (C=O) groups is 2. The van der Waals surface area contributed by atoms with E-state index in [1.165, 1.54) is 10.5 Å². The highest BCUT2D eigenvalue weighted by Crippen LogP contribution is 2.39. The number of amides is 2. The molecule has 0 radical (unpaired) electrons. The minimum Gasteiger partial charge on any atom is -0.372 e. The van der Waals surface area contributed by atoms with Gasteiger partial charge in [-0.15, -0.1) is 0 Å². The third-order valence-corrected chi connectivity index (χ3v) is 6.74. The summed E-state index contributed by atoms with van der Waals surface area (Å²) in [6.45, 7) is 6.73. The van der Waals surface area contributed by atoms with Gasteiger partial charge in [0.25, 0.3) is 11.8 Å². The molecule has 172 valence electrons. The van der Waals surface area contributed by atoms with Gasteiger partial charge < -0.3 is 9.80 Å². The van der Waals surface area contributed by atoms with Crippen molar-refractivity contribution in [2.45, 2.75) is 26.7 Å². The first-order valence-corrected chi connectivity index (χ1v) is 12.0. The Kier molecular flexibility index (Phi) is 5.93. The van der Waals surface area contributed by atoms with E-state index < -0.39 is 0 Å². The van der Waals surface area contributed by atoms with Gasteiger partial charge in [-0.05, 0) is 68.1 Å². The van der Waals surface area contributed by atoms with Gasteiger partial charge in [-0.2, -0.15) is 0 Å². The van der Waals surface area contributed by atoms with Crippen molar-refractivity contribution >= 4 is 34.4 Å². The fourth-order valence-corrected chi connectivity index (χ4v) is 5.04. The Morgan fingerprint density at radius 3 is 2.18 bits per heavy atom. The standard InChI is InChI=1S/C29H29N3O2/c1-3-30(4-2)23-16-18-24(19-17-23)32-28(33)26(22-12-6-5-7-13-22)27(29(32)34)31-20-10-14-21-11-8-9-15-25(21)31/h5-9,11-13,15-19H,3-4,10,14,20H2,1-2H3. The van der Waals surface area contributed by atoms with Gasteiger partial charge in [-0.25, -0.2) is 4.90 Å². The lowest BCUT2D eigenvalue weighted by Gasteiger charge is -2.32. The van der Waals surface area contributed by atoms with E-state index in [-0.39, 0.29) is 11.8 Å². The number of hydrogen-bond donors (Lipinski definition) is 0. The second-order valence-electron chi connectivity index (χ2n) is 8.61. The second-order valence-corrected chi connectivity index (χ2v) is 8.61. The molecule has 0 aromatic heterocycles. The molecule has 2 amide bonds. The summed E-state index contributed by atoms with van der Waals surface area (Å²) >= 11 is 0. The van der Waals surface area contributed by atoms with Crippen LogP contribution in [0.2, 0.25) is 0 Å². The Bertz CT molecular complexity index is 1240. The Hall–Kier alpha value is -3.86. The van der Waals surface area contributed by atoms with Gasteiger partial charge in [-0.1, -0.05) is 48.5 Å². The molecule has 5 heteroatoms. The molecule has 2 aliphatic rings. The van der Waals surface area contributed by atoms with E-state index in [1.807, 2.05) is 77.7 Å². The third kappa shape index (κ3) is 3.67. The summed E-state index contributed by atoms with van der Waals surface area (Å²) in [5.74, 6) is -0.541. The van der Waals surface area contributed by atoms with Gasteiger partial charge in [0.15, 0.2) is 0 Å². The fraction of sp³-hybridized carbons (Fsp3) is 0.241. The maximum Gasteiger partial charge on any atom is 0.282 e. The zero-order valence-electron chi connectivity index (χ0n) is 19.7. The summed E-state index contributed by atoms with van der Waals surface area (Å²) in [7, 11) is 0. The fourth-order valence-electron chi connectivity index (χ4n) is 5.04. The highest BCUT2D eigenvalue weighted by Gasteiger charge is 2.43. The Balaban J connectivity index is 1.60. The van der Waals surface area contributed by atoms with Crippen LogP contribution in [0.5, 0.6) is 0 Å². The topological polar surface area (TPSA) is 43.9 Å². The van der Waals surface area contributed by atoms with Gasteiger partial charge in [0.1, 0.15) is 5.70 Å². The first kappa shape index (κ1) is 22.0. The molecule has 2 aliphatic heterocycles. The molecule has 34 heavy (non-hydrogen) atoms. The molecule has 3 aromatic rings. The number of benzene rings is 3. The quantitative estimate of drug-likeness (QED) is 0.479. The van der Waals surface area contributed by atoms with E-state index >= 15 is 0 Å². The van der Waals surface area contributed by atoms with Crippen molar-refractivity contribution in [2.24, 2.45) is 0 Å². The normalized spacial score (nSPS) is 15.7. The minimum absolute atomic E-state index is 0.267. The van der Waals surface area contributed by atoms with Crippen molar-refractivity contribution in [2.75, 3.05) is 34.3 Å². The lowest BCUT2D eigenvalue weighted by atomic mass is 9.98. The molecule has 0 spiro atoms. The minimum atomic E-state index is -0.273. The Morgan fingerprint density at radius 2 is 1.47 bits per heavy atom. The van der Waals surface area contributed by atoms with Crippen LogP contribution in [0.15, 0.2) is 84.6 Å². The van der Waals surface area contributed by atoms with E-state index in [0.29, 0.717) is 23.5 Å². The summed E-state index contributed by atoms with van der Waals surface area (Å²) < 4.78 is 0. The van der Waals surface area contributed by atoms with E-state index in [1.54, 1.807) is 0 Å². The smallest absolute Gasteiger partial charge is 0.282 e. The van der Waals surface area contributed by atoms with Crippen LogP contribution in [0.1, 0.15) is 31.4 Å². The molecule has 0 saturated carbocycles. The molecular weight excluding hydrogens is 422 g/mol. The molecule has 0 aliphatic carbocycles. The van der Waals surface area contributed by atoms with E-state index in [9.17, 15) is 9.59 Å². The molecule has 0 N–H and O–H groups in total. The number of hydrogen-bond acceptors (Lipinski definition) is 4. The molecule has 2 heterocycles. The lowest BCUT2D eigenvalue weighted by Crippen LogP contribution is -2.37. The predicted octanol–water partition coefficient (Wildman–Crippen LogP) is 5.27. The Morgan fingerprint density at radius 1 is 0.794 bits per heavy atom. The second kappa shape index (κ2) is 9.18. The monoisotopic (exact) mass is 451 g/mol. The van der Waals surface area contributed by atoms with Crippen molar-refractivity contribution in [3.63, 3.8) is 0 Å². The maximum absolute atomic E-state index is 13.9. The lowest BCUT2D eigenvalue weighted by molar-refractivity contribution is -0.120. The number of rotatable bonds is 6. The zero-order chi connectivity index (χ0) is 23.7. The van der Waals surface area contributed by atoms with Crippen LogP contribution in [-0.2, 0) is 16.0 Å². The maximum atomic E-state index is 13.9.